The summed E-state index contributed by atoms with van der Waals surface area (Å²) in [6.45, 7) is 3.36. The number of hydrogen-bond acceptors (Lipinski definition) is 7. The summed E-state index contributed by atoms with van der Waals surface area (Å²) in [5.41, 5.74) is -0.478. The zero-order chi connectivity index (χ0) is 21.3. The number of hydrogen-bond donors (Lipinski definition) is 1. The highest BCUT2D eigenvalue weighted by atomic mass is 35.5. The second-order valence-corrected chi connectivity index (χ2v) is 7.09. The third-order valence-corrected chi connectivity index (χ3v) is 4.57. The normalized spacial score (nSPS) is 15.2. The highest BCUT2D eigenvalue weighted by Gasteiger charge is 2.36. The molecular formula is C16H18ClF3N6O3. The number of halogens is 4. The first-order valence-electron chi connectivity index (χ1n) is 8.80. The Kier molecular flexibility index (Phi) is 5.82. The van der Waals surface area contributed by atoms with E-state index in [1.165, 1.54) is 0 Å². The average Bonchev–Trinajstić information content (AvgIpc) is 3.39. The molecular weight excluding hydrogens is 417 g/mol. The molecule has 0 unspecified atom stereocenters. The topological polar surface area (TPSA) is 108 Å². The lowest BCUT2D eigenvalue weighted by Crippen LogP contribution is -2.22. The van der Waals surface area contributed by atoms with Crippen LogP contribution in [0.2, 0.25) is 5.28 Å². The smallest absolute Gasteiger partial charge is 0.432 e. The molecule has 0 aliphatic heterocycles. The predicted octanol–water partition coefficient (Wildman–Crippen LogP) is 4.17. The summed E-state index contributed by atoms with van der Waals surface area (Å²) in [6.07, 6.45) is -1.96. The molecule has 0 saturated heterocycles. The molecule has 29 heavy (non-hydrogen) atoms. The average molecular weight is 435 g/mol. The minimum atomic E-state index is -4.64. The van der Waals surface area contributed by atoms with E-state index < -0.39 is 28.5 Å². The summed E-state index contributed by atoms with van der Waals surface area (Å²) >= 11 is 5.60. The molecule has 3 rings (SSSR count). The van der Waals surface area contributed by atoms with E-state index in [-0.39, 0.29) is 35.9 Å². The highest BCUT2D eigenvalue weighted by molar-refractivity contribution is 6.28. The van der Waals surface area contributed by atoms with Gasteiger partial charge >= 0.3 is 12.0 Å². The van der Waals surface area contributed by atoms with Gasteiger partial charge in [-0.2, -0.15) is 17.9 Å². The van der Waals surface area contributed by atoms with Gasteiger partial charge in [-0.25, -0.2) is 9.97 Å². The molecule has 9 nitrogen and oxygen atoms in total. The van der Waals surface area contributed by atoms with Crippen molar-refractivity contribution in [2.24, 2.45) is 0 Å². The number of nitrogens with zero attached hydrogens (tertiary/aromatic N) is 5. The molecule has 0 amide bonds. The lowest BCUT2D eigenvalue weighted by molar-refractivity contribution is -0.390. The van der Waals surface area contributed by atoms with Gasteiger partial charge in [0.15, 0.2) is 0 Å². The molecule has 2 heterocycles. The maximum Gasteiger partial charge on any atom is 0.432 e. The Bertz CT molecular complexity index is 916. The molecule has 2 aromatic heterocycles. The summed E-state index contributed by atoms with van der Waals surface area (Å²) in [5.74, 6) is -0.721. The Morgan fingerprint density at radius 3 is 2.76 bits per heavy atom. The van der Waals surface area contributed by atoms with E-state index in [4.69, 9.17) is 16.3 Å². The number of rotatable bonds is 8. The van der Waals surface area contributed by atoms with Crippen molar-refractivity contribution in [1.29, 1.82) is 0 Å². The Morgan fingerprint density at radius 1 is 1.48 bits per heavy atom. The zero-order valence-electron chi connectivity index (χ0n) is 15.5. The first-order chi connectivity index (χ1) is 13.6. The zero-order valence-corrected chi connectivity index (χ0v) is 16.3. The summed E-state index contributed by atoms with van der Waals surface area (Å²) in [7, 11) is 0. The van der Waals surface area contributed by atoms with Crippen LogP contribution in [0.3, 0.4) is 0 Å². The van der Waals surface area contributed by atoms with Gasteiger partial charge in [0.05, 0.1) is 17.7 Å². The van der Waals surface area contributed by atoms with Crippen LogP contribution in [0.1, 0.15) is 43.5 Å². The molecule has 0 aromatic carbocycles. The standard InChI is InChI=1S/C16H18ClF3N6O3/c1-8(22-13-11(16(18,19)20)7-21-15(17)23-13)5-6-29-12-9(2)25(10-3-4-10)24-14(12)26(27)28/h7-8,10H,3-6H2,1-2H3,(H,21,22,23)/t8-/m1/s1. The van der Waals surface area contributed by atoms with Gasteiger partial charge in [-0.15, -0.1) is 0 Å². The van der Waals surface area contributed by atoms with Crippen LogP contribution < -0.4 is 10.1 Å². The SMILES string of the molecule is Cc1c(OCC[C@@H](C)Nc2nc(Cl)ncc2C(F)(F)F)c([N+](=O)[O-])nn1C1CC1. The van der Waals surface area contributed by atoms with Gasteiger partial charge in [-0.05, 0) is 43.2 Å². The van der Waals surface area contributed by atoms with Gasteiger partial charge < -0.3 is 20.2 Å². The van der Waals surface area contributed by atoms with E-state index in [2.05, 4.69) is 20.4 Å². The van der Waals surface area contributed by atoms with Gasteiger partial charge in [0.2, 0.25) is 11.0 Å². The third-order valence-electron chi connectivity index (χ3n) is 4.39. The molecule has 0 radical (unpaired) electrons. The number of nitrogens with one attached hydrogen (secondary N) is 1. The molecule has 1 fully saturated rings. The van der Waals surface area contributed by atoms with Gasteiger partial charge in [-0.1, -0.05) is 0 Å². The van der Waals surface area contributed by atoms with E-state index >= 15 is 0 Å². The van der Waals surface area contributed by atoms with Crippen LogP contribution in [-0.4, -0.2) is 37.3 Å². The van der Waals surface area contributed by atoms with Gasteiger partial charge in [0, 0.05) is 18.7 Å². The van der Waals surface area contributed by atoms with Crippen molar-refractivity contribution in [3.8, 4) is 5.75 Å². The Hall–Kier alpha value is -2.63. The first kappa shape index (κ1) is 21.1. The molecule has 1 atom stereocenters. The van der Waals surface area contributed by atoms with Crippen molar-refractivity contribution in [3.05, 3.63) is 32.9 Å². The van der Waals surface area contributed by atoms with E-state index in [1.54, 1.807) is 18.5 Å². The number of aromatic nitrogens is 4. The maximum absolute atomic E-state index is 13.1. The lowest BCUT2D eigenvalue weighted by Gasteiger charge is -2.18. The summed E-state index contributed by atoms with van der Waals surface area (Å²) in [5, 5.41) is 17.6. The fourth-order valence-electron chi connectivity index (χ4n) is 2.77. The van der Waals surface area contributed by atoms with Crippen molar-refractivity contribution in [2.75, 3.05) is 11.9 Å². The van der Waals surface area contributed by atoms with Crippen molar-refractivity contribution < 1.29 is 22.8 Å². The van der Waals surface area contributed by atoms with Crippen LogP contribution in [0.4, 0.5) is 24.8 Å². The van der Waals surface area contributed by atoms with E-state index in [9.17, 15) is 23.3 Å². The fourth-order valence-corrected chi connectivity index (χ4v) is 2.91. The number of nitro groups is 1. The van der Waals surface area contributed by atoms with E-state index in [0.29, 0.717) is 11.9 Å². The molecule has 0 spiro atoms. The summed E-state index contributed by atoms with van der Waals surface area (Å²) in [6, 6.07) is -0.338. The molecule has 1 aliphatic carbocycles. The van der Waals surface area contributed by atoms with Crippen LogP contribution in [0, 0.1) is 17.0 Å². The maximum atomic E-state index is 13.1. The van der Waals surface area contributed by atoms with Crippen molar-refractivity contribution in [2.45, 2.75) is 51.4 Å². The van der Waals surface area contributed by atoms with Gasteiger partial charge in [0.1, 0.15) is 17.1 Å². The monoisotopic (exact) mass is 434 g/mol. The van der Waals surface area contributed by atoms with Crippen LogP contribution >= 0.6 is 11.6 Å². The quantitative estimate of drug-likeness (QED) is 0.377. The van der Waals surface area contributed by atoms with Gasteiger partial charge in [-0.3, -0.25) is 0 Å². The molecule has 1 aliphatic rings. The Morgan fingerprint density at radius 2 is 2.17 bits per heavy atom. The first-order valence-corrected chi connectivity index (χ1v) is 9.18. The molecule has 0 bridgehead atoms. The number of alkyl halides is 3. The summed E-state index contributed by atoms with van der Waals surface area (Å²) < 4.78 is 46.4. The minimum absolute atomic E-state index is 0.0341. The largest absolute Gasteiger partial charge is 0.484 e. The van der Waals surface area contributed by atoms with Crippen LogP contribution in [0.5, 0.6) is 5.75 Å². The van der Waals surface area contributed by atoms with Crippen LogP contribution in [-0.2, 0) is 6.18 Å². The molecule has 1 N–H and O–H groups in total. The third kappa shape index (κ3) is 4.86. The second-order valence-electron chi connectivity index (χ2n) is 6.75. The second kappa shape index (κ2) is 8.01. The fraction of sp³-hybridized carbons (Fsp3) is 0.562. The highest BCUT2D eigenvalue weighted by Crippen LogP contribution is 2.40. The Balaban J connectivity index is 1.65. The summed E-state index contributed by atoms with van der Waals surface area (Å²) in [4.78, 5) is 17.6. The van der Waals surface area contributed by atoms with Crippen LogP contribution in [0.15, 0.2) is 6.20 Å². The minimum Gasteiger partial charge on any atom is -0.484 e. The Labute approximate surface area is 168 Å². The number of anilines is 1. The molecule has 2 aromatic rings. The van der Waals surface area contributed by atoms with Crippen LogP contribution in [0.25, 0.3) is 0 Å². The molecule has 158 valence electrons. The van der Waals surface area contributed by atoms with Crippen molar-refractivity contribution in [3.63, 3.8) is 0 Å². The molecule has 1 saturated carbocycles. The van der Waals surface area contributed by atoms with Gasteiger partial charge in [0.25, 0.3) is 0 Å². The lowest BCUT2D eigenvalue weighted by atomic mass is 10.2. The number of ether oxygens (including phenoxy) is 1. The van der Waals surface area contributed by atoms with Crippen molar-refractivity contribution in [1.82, 2.24) is 19.7 Å². The van der Waals surface area contributed by atoms with E-state index in [0.717, 1.165) is 12.8 Å². The van der Waals surface area contributed by atoms with E-state index in [1.807, 2.05) is 0 Å². The predicted molar refractivity (Wildman–Crippen MR) is 97.1 cm³/mol. The molecule has 13 heteroatoms. The van der Waals surface area contributed by atoms with Crippen molar-refractivity contribution >= 4 is 23.2 Å².